The van der Waals surface area contributed by atoms with Crippen LogP contribution in [0.5, 0.6) is 0 Å². The van der Waals surface area contributed by atoms with E-state index in [1.807, 2.05) is 0 Å². The zero-order valence-electron chi connectivity index (χ0n) is 35.9. The molecule has 62 heavy (non-hydrogen) atoms. The number of carbonyl (C=O) groups is 4. The molecule has 3 saturated heterocycles. The molecule has 0 aliphatic carbocycles. The maximum Gasteiger partial charge on any atom is 0.242 e. The molecule has 3 heterocycles. The number of nitrogens with one attached hydrogen (secondary N) is 3. The number of amides is 4. The van der Waals surface area contributed by atoms with Crippen molar-refractivity contribution in [1.29, 1.82) is 0 Å². The van der Waals surface area contributed by atoms with E-state index >= 15 is 0 Å². The van der Waals surface area contributed by atoms with Gasteiger partial charge in [0.05, 0.1) is 25.9 Å². The molecule has 21 nitrogen and oxygen atoms in total. The van der Waals surface area contributed by atoms with Gasteiger partial charge in [-0.1, -0.05) is 13.3 Å². The molecule has 0 saturated carbocycles. The summed E-state index contributed by atoms with van der Waals surface area (Å²) in [5, 5.41) is 96.6. The molecule has 3 fully saturated rings. The number of carbonyl (C=O) groups excluding carboxylic acids is 4. The van der Waals surface area contributed by atoms with Crippen LogP contribution >= 0.6 is 0 Å². The molecule has 3 aliphatic heterocycles. The van der Waals surface area contributed by atoms with E-state index in [9.17, 15) is 65.1 Å². The Morgan fingerprint density at radius 1 is 0.629 bits per heavy atom. The minimum Gasteiger partial charge on any atom is -0.394 e. The number of hydrogen-bond donors (Lipinski definition) is 12. The van der Waals surface area contributed by atoms with Crippen molar-refractivity contribution in [2.24, 2.45) is 5.92 Å². The van der Waals surface area contributed by atoms with Crippen LogP contribution in [0.4, 0.5) is 0 Å². The zero-order valence-corrected chi connectivity index (χ0v) is 38.7. The van der Waals surface area contributed by atoms with Crippen molar-refractivity contribution >= 4 is 23.6 Å². The second-order valence-corrected chi connectivity index (χ2v) is 16.3. The van der Waals surface area contributed by atoms with E-state index in [1.54, 1.807) is 4.90 Å². The molecule has 11 unspecified atom stereocenters. The Labute approximate surface area is 388 Å². The number of unbranched alkanes of at least 4 members (excludes halogenated alkanes) is 5. The quantitative estimate of drug-likeness (QED) is 0.0341. The first-order valence-electron chi connectivity index (χ1n) is 21.8. The summed E-state index contributed by atoms with van der Waals surface area (Å²) in [6.45, 7) is 2.33. The average molecular weight is 970 g/mol. The van der Waals surface area contributed by atoms with Crippen LogP contribution in [0.15, 0.2) is 0 Å². The number of aliphatic hydroxyl groups is 9. The van der Waals surface area contributed by atoms with Gasteiger partial charge < -0.3 is 85.8 Å². The molecule has 12 N–H and O–H groups in total. The van der Waals surface area contributed by atoms with Crippen molar-refractivity contribution in [2.45, 2.75) is 170 Å². The number of aliphatic hydroxyl groups excluding tert-OH is 9. The molecule has 22 heteroatoms. The number of hydrogen-bond acceptors (Lipinski definition) is 17. The molecule has 0 aromatic carbocycles. The van der Waals surface area contributed by atoms with Gasteiger partial charge in [-0.2, -0.15) is 0 Å². The van der Waals surface area contributed by atoms with Gasteiger partial charge in [0.25, 0.3) is 0 Å². The van der Waals surface area contributed by atoms with E-state index < -0.39 is 80.7 Å². The third kappa shape index (κ3) is 18.8. The van der Waals surface area contributed by atoms with Crippen molar-refractivity contribution in [3.05, 3.63) is 0 Å². The molecule has 0 aromatic heterocycles. The van der Waals surface area contributed by atoms with Crippen LogP contribution in [-0.2, 0) is 70.8 Å². The van der Waals surface area contributed by atoms with Crippen molar-refractivity contribution < 1.29 is 117 Å². The zero-order chi connectivity index (χ0) is 44.9. The van der Waals surface area contributed by atoms with Gasteiger partial charge >= 0.3 is 0 Å². The largest absolute Gasteiger partial charge is 0.394 e. The third-order valence-electron chi connectivity index (χ3n) is 11.3. The Balaban J connectivity index is 0.0000132. The van der Waals surface area contributed by atoms with Gasteiger partial charge in [-0.25, -0.2) is 0 Å². The molecule has 0 aromatic rings. The van der Waals surface area contributed by atoms with E-state index in [-0.39, 0.29) is 95.0 Å². The maximum atomic E-state index is 13.2. The van der Waals surface area contributed by atoms with Gasteiger partial charge in [0.1, 0.15) is 54.9 Å². The summed E-state index contributed by atoms with van der Waals surface area (Å²) in [4.78, 5) is 53.0. The fourth-order valence-electron chi connectivity index (χ4n) is 7.60. The topological polar surface area (TPSA) is 327 Å². The summed E-state index contributed by atoms with van der Waals surface area (Å²) in [5.41, 5.74) is 0. The molecular formula is C40H72N4O17Y. The van der Waals surface area contributed by atoms with Crippen molar-refractivity contribution in [3.8, 4) is 0 Å². The Hall–Kier alpha value is -1.54. The van der Waals surface area contributed by atoms with Crippen LogP contribution < -0.4 is 16.0 Å². The number of nitrogens with zero attached hydrogens (tertiary/aromatic N) is 1. The van der Waals surface area contributed by atoms with E-state index in [0.717, 1.165) is 6.42 Å². The molecule has 3 aliphatic rings. The first kappa shape index (κ1) is 56.6. The first-order chi connectivity index (χ1) is 29.2. The fraction of sp³-hybridized carbons (Fsp3) is 0.900. The maximum absolute atomic E-state index is 13.2. The summed E-state index contributed by atoms with van der Waals surface area (Å²) in [6.07, 6.45) is -7.49. The van der Waals surface area contributed by atoms with Crippen molar-refractivity contribution in [2.75, 3.05) is 52.7 Å². The predicted octanol–water partition coefficient (Wildman–Crippen LogP) is -3.37. The van der Waals surface area contributed by atoms with Gasteiger partial charge in [-0.3, -0.25) is 19.2 Å². The van der Waals surface area contributed by atoms with Crippen molar-refractivity contribution in [1.82, 2.24) is 20.9 Å². The van der Waals surface area contributed by atoms with E-state index in [0.29, 0.717) is 96.2 Å². The number of rotatable bonds is 28. The van der Waals surface area contributed by atoms with E-state index in [4.69, 9.17) is 18.9 Å². The Morgan fingerprint density at radius 2 is 1.15 bits per heavy atom. The molecular weight excluding hydrogens is 897 g/mol. The van der Waals surface area contributed by atoms with Crippen LogP contribution in [0.25, 0.3) is 0 Å². The van der Waals surface area contributed by atoms with Crippen LogP contribution in [-0.4, -0.2) is 201 Å². The number of likely N-dealkylation sites (tertiary alicyclic amines) is 1. The SMILES string of the molecule is C[C@@H]1C[C@@H](CO)N(C(=O)CCCCCNC(=O)C(CCCCNC(=O)CCCCOC2OC(CO)C(O)C(O)C2O)NC(=O)CCCCOC2OC(CO)C(O)C(O)C2O)C1.[Y]. The van der Waals surface area contributed by atoms with Crippen LogP contribution in [0, 0.1) is 5.92 Å². The minimum atomic E-state index is -1.57. The van der Waals surface area contributed by atoms with Gasteiger partial charge in [-0.15, -0.1) is 0 Å². The standard InChI is InChI=1S/C40H72N4O17.Y/c1-24-19-25(21-45)44(20-24)31(50)14-3-2-7-16-42-38(57)26(43-30(49)13-6-10-18-59-40-37(56)35(54)33(52)28(23-47)61-40)11-4-8-15-41-29(48)12-5-9-17-58-39-36(55)34(53)32(51)27(22-46)60-39;/h24-28,32-37,39-40,45-47,51-56H,2-23H2,1H3,(H,41,48)(H,42,57)(H,43,49);/t24-,25+,26?,27?,28?,32?,33?,34?,35?,36?,37?,39?,40?;/m1./s1. The Kier molecular flexibility index (Phi) is 28.0. The minimum absolute atomic E-state index is 0. The van der Waals surface area contributed by atoms with Gasteiger partial charge in [0.2, 0.25) is 23.6 Å². The van der Waals surface area contributed by atoms with Gasteiger partial charge in [-0.05, 0) is 70.1 Å². The summed E-state index contributed by atoms with van der Waals surface area (Å²) >= 11 is 0. The second-order valence-electron chi connectivity index (χ2n) is 16.3. The summed E-state index contributed by atoms with van der Waals surface area (Å²) < 4.78 is 21.6. The van der Waals surface area contributed by atoms with Gasteiger partial charge in [0.15, 0.2) is 12.6 Å². The molecule has 1 radical (unpaired) electrons. The molecule has 3 rings (SSSR count). The average Bonchev–Trinajstić information content (AvgIpc) is 3.64. The molecule has 0 spiro atoms. The molecule has 4 amide bonds. The number of ether oxygens (including phenoxy) is 4. The molecule has 13 atom stereocenters. The van der Waals surface area contributed by atoms with Crippen molar-refractivity contribution in [3.63, 3.8) is 0 Å². The summed E-state index contributed by atoms with van der Waals surface area (Å²) in [7, 11) is 0. The van der Waals surface area contributed by atoms with E-state index in [2.05, 4.69) is 22.9 Å². The van der Waals surface area contributed by atoms with Gasteiger partial charge in [0, 0.05) is 84.8 Å². The smallest absolute Gasteiger partial charge is 0.242 e. The normalized spacial score (nSPS) is 30.3. The Morgan fingerprint density at radius 3 is 1.69 bits per heavy atom. The third-order valence-corrected chi connectivity index (χ3v) is 11.3. The summed E-state index contributed by atoms with van der Waals surface area (Å²) in [5.74, 6) is -0.554. The van der Waals surface area contributed by atoms with Crippen LogP contribution in [0.1, 0.15) is 96.8 Å². The summed E-state index contributed by atoms with van der Waals surface area (Å²) in [6, 6.07) is -0.977. The first-order valence-corrected chi connectivity index (χ1v) is 21.8. The fourth-order valence-corrected chi connectivity index (χ4v) is 7.60. The molecule has 357 valence electrons. The van der Waals surface area contributed by atoms with Crippen LogP contribution in [0.2, 0.25) is 0 Å². The molecule has 0 bridgehead atoms. The monoisotopic (exact) mass is 969 g/mol. The Bertz CT molecular complexity index is 1310. The second kappa shape index (κ2) is 30.6. The predicted molar refractivity (Wildman–Crippen MR) is 214 cm³/mol. The van der Waals surface area contributed by atoms with Crippen LogP contribution in [0.3, 0.4) is 0 Å². The van der Waals surface area contributed by atoms with E-state index in [1.165, 1.54) is 0 Å².